The quantitative estimate of drug-likeness (QED) is 0.798. The standard InChI is InChI=1S/C22H26N2O4/c1-27-19-9-7-16(13-20(19)28-2)8-10-21(25)23-14-22(26)24-12-11-17-5-3-4-6-18(17)15-24/h3-7,9,13H,8,10-12,14-15H2,1-2H3,(H,23,25). The summed E-state index contributed by atoms with van der Waals surface area (Å²) in [5.41, 5.74) is 3.46. The number of nitrogens with one attached hydrogen (secondary N) is 1. The molecule has 6 heteroatoms. The van der Waals surface area contributed by atoms with Gasteiger partial charge in [-0.3, -0.25) is 9.59 Å². The summed E-state index contributed by atoms with van der Waals surface area (Å²) in [5, 5.41) is 2.74. The molecule has 0 aliphatic carbocycles. The van der Waals surface area contributed by atoms with Gasteiger partial charge in [0.25, 0.3) is 0 Å². The van der Waals surface area contributed by atoms with E-state index >= 15 is 0 Å². The second-order valence-corrected chi connectivity index (χ2v) is 6.80. The molecule has 1 aliphatic heterocycles. The Kier molecular flexibility index (Phi) is 6.53. The number of hydrogen-bond acceptors (Lipinski definition) is 4. The van der Waals surface area contributed by atoms with Gasteiger partial charge in [-0.2, -0.15) is 0 Å². The average Bonchev–Trinajstić information content (AvgIpc) is 2.75. The van der Waals surface area contributed by atoms with E-state index < -0.39 is 0 Å². The average molecular weight is 382 g/mol. The molecule has 1 N–H and O–H groups in total. The molecule has 2 amide bonds. The van der Waals surface area contributed by atoms with E-state index in [1.807, 2.05) is 30.3 Å². The summed E-state index contributed by atoms with van der Waals surface area (Å²) in [4.78, 5) is 26.4. The number of rotatable bonds is 7. The van der Waals surface area contributed by atoms with E-state index in [0.717, 1.165) is 12.0 Å². The SMILES string of the molecule is COc1ccc(CCC(=O)NCC(=O)N2CCc3ccccc3C2)cc1OC. The minimum Gasteiger partial charge on any atom is -0.493 e. The molecule has 6 nitrogen and oxygen atoms in total. The van der Waals surface area contributed by atoms with Crippen molar-refractivity contribution in [1.82, 2.24) is 10.2 Å². The number of benzene rings is 2. The number of nitrogens with zero attached hydrogens (tertiary/aromatic N) is 1. The highest BCUT2D eigenvalue weighted by Crippen LogP contribution is 2.27. The molecule has 148 valence electrons. The second kappa shape index (κ2) is 9.26. The zero-order valence-electron chi connectivity index (χ0n) is 16.4. The van der Waals surface area contributed by atoms with Crippen LogP contribution in [0.25, 0.3) is 0 Å². The zero-order valence-corrected chi connectivity index (χ0v) is 16.4. The number of ether oxygens (including phenoxy) is 2. The van der Waals surface area contributed by atoms with E-state index in [0.29, 0.717) is 37.4 Å². The number of amides is 2. The maximum atomic E-state index is 12.4. The van der Waals surface area contributed by atoms with Gasteiger partial charge in [0.15, 0.2) is 11.5 Å². The van der Waals surface area contributed by atoms with Crippen LogP contribution in [0.5, 0.6) is 11.5 Å². The van der Waals surface area contributed by atoms with Crippen molar-refractivity contribution in [2.45, 2.75) is 25.8 Å². The summed E-state index contributed by atoms with van der Waals surface area (Å²) in [7, 11) is 3.17. The van der Waals surface area contributed by atoms with Crippen LogP contribution in [0.3, 0.4) is 0 Å². The number of carbonyl (C=O) groups excluding carboxylic acids is 2. The lowest BCUT2D eigenvalue weighted by Gasteiger charge is -2.29. The van der Waals surface area contributed by atoms with Crippen LogP contribution < -0.4 is 14.8 Å². The molecule has 1 heterocycles. The van der Waals surface area contributed by atoms with Gasteiger partial charge in [0.05, 0.1) is 20.8 Å². The van der Waals surface area contributed by atoms with Gasteiger partial charge < -0.3 is 19.7 Å². The molecule has 2 aromatic carbocycles. The number of carbonyl (C=O) groups is 2. The van der Waals surface area contributed by atoms with Crippen LogP contribution in [0.15, 0.2) is 42.5 Å². The first kappa shape index (κ1) is 19.7. The molecule has 3 rings (SSSR count). The largest absolute Gasteiger partial charge is 0.493 e. The van der Waals surface area contributed by atoms with Crippen LogP contribution in [0.1, 0.15) is 23.1 Å². The molecule has 0 saturated carbocycles. The summed E-state index contributed by atoms with van der Waals surface area (Å²) in [6.07, 6.45) is 1.73. The van der Waals surface area contributed by atoms with Crippen molar-refractivity contribution in [3.63, 3.8) is 0 Å². The third-order valence-corrected chi connectivity index (χ3v) is 5.01. The summed E-state index contributed by atoms with van der Waals surface area (Å²) in [6.45, 7) is 1.33. The molecule has 1 aliphatic rings. The molecule has 0 unspecified atom stereocenters. The maximum absolute atomic E-state index is 12.4. The fourth-order valence-corrected chi connectivity index (χ4v) is 3.38. The van der Waals surface area contributed by atoms with E-state index in [1.54, 1.807) is 19.1 Å². The van der Waals surface area contributed by atoms with E-state index in [1.165, 1.54) is 11.1 Å². The summed E-state index contributed by atoms with van der Waals surface area (Å²) in [5.74, 6) is 1.11. The first-order chi connectivity index (χ1) is 13.6. The van der Waals surface area contributed by atoms with Crippen LogP contribution in [0, 0.1) is 0 Å². The Hall–Kier alpha value is -3.02. The van der Waals surface area contributed by atoms with E-state index in [9.17, 15) is 9.59 Å². The van der Waals surface area contributed by atoms with Crippen molar-refractivity contribution < 1.29 is 19.1 Å². The van der Waals surface area contributed by atoms with Crippen LogP contribution in [-0.4, -0.2) is 44.0 Å². The Morgan fingerprint density at radius 3 is 2.54 bits per heavy atom. The highest BCUT2D eigenvalue weighted by atomic mass is 16.5. The Morgan fingerprint density at radius 2 is 1.79 bits per heavy atom. The van der Waals surface area contributed by atoms with Gasteiger partial charge in [0.2, 0.25) is 11.8 Å². The number of aryl methyl sites for hydroxylation is 1. The summed E-state index contributed by atoms with van der Waals surface area (Å²) >= 11 is 0. The summed E-state index contributed by atoms with van der Waals surface area (Å²) < 4.78 is 10.5. The van der Waals surface area contributed by atoms with Gasteiger partial charge >= 0.3 is 0 Å². The predicted molar refractivity (Wildman–Crippen MR) is 106 cm³/mol. The molecule has 0 radical (unpaired) electrons. The van der Waals surface area contributed by atoms with Gasteiger partial charge in [-0.1, -0.05) is 30.3 Å². The van der Waals surface area contributed by atoms with Crippen molar-refractivity contribution in [2.75, 3.05) is 27.3 Å². The smallest absolute Gasteiger partial charge is 0.242 e. The van der Waals surface area contributed by atoms with Crippen molar-refractivity contribution in [2.24, 2.45) is 0 Å². The van der Waals surface area contributed by atoms with Crippen molar-refractivity contribution in [1.29, 1.82) is 0 Å². The highest BCUT2D eigenvalue weighted by Gasteiger charge is 2.20. The van der Waals surface area contributed by atoms with Crippen molar-refractivity contribution in [3.05, 3.63) is 59.2 Å². The molecule has 28 heavy (non-hydrogen) atoms. The monoisotopic (exact) mass is 382 g/mol. The fourth-order valence-electron chi connectivity index (χ4n) is 3.38. The minimum atomic E-state index is -0.138. The lowest BCUT2D eigenvalue weighted by atomic mass is 10.00. The van der Waals surface area contributed by atoms with Gasteiger partial charge in [-0.25, -0.2) is 0 Å². The molecule has 0 aromatic heterocycles. The molecule has 0 saturated heterocycles. The Bertz CT molecular complexity index is 850. The molecule has 2 aromatic rings. The zero-order chi connectivity index (χ0) is 19.9. The lowest BCUT2D eigenvalue weighted by Crippen LogP contribution is -2.42. The number of methoxy groups -OCH3 is 2. The Morgan fingerprint density at radius 1 is 1.04 bits per heavy atom. The molecule has 0 bridgehead atoms. The Balaban J connectivity index is 1.45. The normalized spacial score (nSPS) is 12.9. The van der Waals surface area contributed by atoms with Crippen LogP contribution in [0.2, 0.25) is 0 Å². The van der Waals surface area contributed by atoms with Crippen LogP contribution in [-0.2, 0) is 29.0 Å². The molecule has 0 spiro atoms. The molecular formula is C22H26N2O4. The number of hydrogen-bond donors (Lipinski definition) is 1. The molecular weight excluding hydrogens is 356 g/mol. The van der Waals surface area contributed by atoms with Crippen LogP contribution >= 0.6 is 0 Å². The predicted octanol–water partition coefficient (Wildman–Crippen LogP) is 2.34. The van der Waals surface area contributed by atoms with Crippen molar-refractivity contribution in [3.8, 4) is 11.5 Å². The first-order valence-electron chi connectivity index (χ1n) is 9.43. The molecule has 0 atom stereocenters. The lowest BCUT2D eigenvalue weighted by molar-refractivity contribution is -0.133. The van der Waals surface area contributed by atoms with E-state index in [2.05, 4.69) is 17.4 Å². The first-order valence-corrected chi connectivity index (χ1v) is 9.43. The van der Waals surface area contributed by atoms with E-state index in [-0.39, 0.29) is 18.4 Å². The second-order valence-electron chi connectivity index (χ2n) is 6.80. The number of fused-ring (bicyclic) bond motifs is 1. The fraction of sp³-hybridized carbons (Fsp3) is 0.364. The van der Waals surface area contributed by atoms with Gasteiger partial charge in [0.1, 0.15) is 0 Å². The van der Waals surface area contributed by atoms with Gasteiger partial charge in [-0.15, -0.1) is 0 Å². The van der Waals surface area contributed by atoms with Gasteiger partial charge in [0, 0.05) is 19.5 Å². The van der Waals surface area contributed by atoms with Crippen LogP contribution in [0.4, 0.5) is 0 Å². The topological polar surface area (TPSA) is 67.9 Å². The maximum Gasteiger partial charge on any atom is 0.242 e. The third kappa shape index (κ3) is 4.82. The van der Waals surface area contributed by atoms with Gasteiger partial charge in [-0.05, 0) is 41.7 Å². The Labute approximate surface area is 165 Å². The van der Waals surface area contributed by atoms with Crippen molar-refractivity contribution >= 4 is 11.8 Å². The molecule has 0 fully saturated rings. The van der Waals surface area contributed by atoms with E-state index in [4.69, 9.17) is 9.47 Å². The summed E-state index contributed by atoms with van der Waals surface area (Å²) in [6, 6.07) is 13.8. The minimum absolute atomic E-state index is 0.0347. The third-order valence-electron chi connectivity index (χ3n) is 5.01. The highest BCUT2D eigenvalue weighted by molar-refractivity contribution is 5.85.